The molecule has 1 fully saturated rings. The zero-order valence-corrected chi connectivity index (χ0v) is 24.5. The van der Waals surface area contributed by atoms with Gasteiger partial charge in [-0.1, -0.05) is 6.07 Å². The maximum atomic E-state index is 13.0. The fourth-order valence-electron chi connectivity index (χ4n) is 4.87. The second-order valence-corrected chi connectivity index (χ2v) is 12.0. The van der Waals surface area contributed by atoms with E-state index in [1.807, 2.05) is 18.4 Å². The first-order chi connectivity index (χ1) is 18.4. The lowest BCUT2D eigenvalue weighted by Gasteiger charge is -2.45. The van der Waals surface area contributed by atoms with Crippen molar-refractivity contribution in [2.24, 2.45) is 0 Å². The van der Waals surface area contributed by atoms with Crippen LogP contribution in [0, 0.1) is 6.92 Å². The average Bonchev–Trinajstić information content (AvgIpc) is 3.29. The van der Waals surface area contributed by atoms with Gasteiger partial charge in [-0.05, 0) is 71.5 Å². The molecule has 3 aromatic rings. The van der Waals surface area contributed by atoms with Gasteiger partial charge >= 0.3 is 6.09 Å². The Balaban J connectivity index is 1.34. The number of piperazine rings is 1. The molecule has 210 valence electrons. The van der Waals surface area contributed by atoms with Crippen LogP contribution in [0.25, 0.3) is 10.2 Å². The molecule has 11 heteroatoms. The molecular weight excluding hydrogens is 516 g/mol. The van der Waals surface area contributed by atoms with Gasteiger partial charge in [-0.15, -0.1) is 11.3 Å². The minimum Gasteiger partial charge on any atom is -0.471 e. The van der Waals surface area contributed by atoms with Crippen LogP contribution in [0.1, 0.15) is 47.1 Å². The number of hydrogen-bond donors (Lipinski definition) is 2. The molecule has 0 bridgehead atoms. The van der Waals surface area contributed by atoms with Crippen molar-refractivity contribution in [1.29, 1.82) is 0 Å². The summed E-state index contributed by atoms with van der Waals surface area (Å²) in [6, 6.07) is 7.88. The Hall–Kier alpha value is -3.44. The van der Waals surface area contributed by atoms with Gasteiger partial charge in [-0.3, -0.25) is 15.0 Å². The molecule has 10 nitrogen and oxygen atoms in total. The molecule has 4 rings (SSSR count). The summed E-state index contributed by atoms with van der Waals surface area (Å²) in [6.45, 7) is 15.1. The first-order valence-electron chi connectivity index (χ1n) is 13.1. The number of ether oxygens (including phenoxy) is 2. The number of amides is 2. The van der Waals surface area contributed by atoms with E-state index in [0.29, 0.717) is 11.4 Å². The van der Waals surface area contributed by atoms with Crippen molar-refractivity contribution in [2.45, 2.75) is 72.4 Å². The number of nitrogens with one attached hydrogen (secondary N) is 2. The van der Waals surface area contributed by atoms with E-state index in [4.69, 9.17) is 9.47 Å². The van der Waals surface area contributed by atoms with Gasteiger partial charge in [0.1, 0.15) is 28.3 Å². The lowest BCUT2D eigenvalue weighted by atomic mass is 10.1. The number of thiophene rings is 1. The van der Waals surface area contributed by atoms with Gasteiger partial charge in [0.2, 0.25) is 5.91 Å². The number of anilines is 2. The number of fused-ring (bicyclic) bond motifs is 1. The molecule has 3 unspecified atom stereocenters. The fourth-order valence-corrected chi connectivity index (χ4v) is 5.60. The van der Waals surface area contributed by atoms with Gasteiger partial charge in [-0.2, -0.15) is 0 Å². The predicted octanol–water partition coefficient (Wildman–Crippen LogP) is 4.79. The standard InChI is InChI=1S/C28H38N6O4S/c1-17-8-9-21(37-20(4)31-27(36)38-28(5,6)7)12-23(17)32-24(35)15-33-13-18(2)34(19(3)14-33)25-22-10-11-39-26(22)30-16-29-25/h8-12,16,18-20H,13-15H2,1-7H3,(H,31,36)(H,32,35). The average molecular weight is 555 g/mol. The number of carbonyl (C=O) groups is 2. The van der Waals surface area contributed by atoms with Crippen LogP contribution in [0.5, 0.6) is 5.75 Å². The van der Waals surface area contributed by atoms with Gasteiger partial charge < -0.3 is 19.7 Å². The largest absolute Gasteiger partial charge is 0.471 e. The summed E-state index contributed by atoms with van der Waals surface area (Å²) in [5.41, 5.74) is 0.987. The zero-order valence-electron chi connectivity index (χ0n) is 23.6. The Bertz CT molecular complexity index is 1310. The molecule has 1 aliphatic rings. The summed E-state index contributed by atoms with van der Waals surface area (Å²) < 4.78 is 11.1. The predicted molar refractivity (Wildman–Crippen MR) is 155 cm³/mol. The monoisotopic (exact) mass is 554 g/mol. The van der Waals surface area contributed by atoms with Crippen molar-refractivity contribution in [2.75, 3.05) is 29.9 Å². The Morgan fingerprint density at radius 1 is 1.15 bits per heavy atom. The van der Waals surface area contributed by atoms with Crippen LogP contribution in [-0.4, -0.2) is 70.4 Å². The van der Waals surface area contributed by atoms with Gasteiger partial charge in [0, 0.05) is 36.9 Å². The van der Waals surface area contributed by atoms with E-state index in [9.17, 15) is 9.59 Å². The van der Waals surface area contributed by atoms with Gasteiger partial charge in [0.05, 0.1) is 11.9 Å². The minimum absolute atomic E-state index is 0.0923. The SMILES string of the molecule is Cc1ccc(OC(C)NC(=O)OC(C)(C)C)cc1NC(=O)CN1CC(C)N(c2ncnc3sccc23)C(C)C1. The van der Waals surface area contributed by atoms with Crippen LogP contribution in [-0.2, 0) is 9.53 Å². The van der Waals surface area contributed by atoms with E-state index in [0.717, 1.165) is 34.7 Å². The Morgan fingerprint density at radius 2 is 1.87 bits per heavy atom. The highest BCUT2D eigenvalue weighted by molar-refractivity contribution is 7.16. The fraction of sp³-hybridized carbons (Fsp3) is 0.500. The number of rotatable bonds is 7. The Kier molecular flexibility index (Phi) is 8.60. The van der Waals surface area contributed by atoms with Gasteiger partial charge in [0.25, 0.3) is 0 Å². The van der Waals surface area contributed by atoms with E-state index in [1.165, 1.54) is 0 Å². The number of benzene rings is 1. The highest BCUT2D eigenvalue weighted by Crippen LogP contribution is 2.31. The molecule has 1 aromatic carbocycles. The maximum absolute atomic E-state index is 13.0. The summed E-state index contributed by atoms with van der Waals surface area (Å²) in [6.07, 6.45) is 0.455. The minimum atomic E-state index is -0.615. The van der Waals surface area contributed by atoms with Crippen molar-refractivity contribution in [1.82, 2.24) is 20.2 Å². The third-order valence-corrected chi connectivity index (χ3v) is 7.18. The quantitative estimate of drug-likeness (QED) is 0.402. The summed E-state index contributed by atoms with van der Waals surface area (Å²) in [7, 11) is 0. The van der Waals surface area contributed by atoms with Crippen LogP contribution in [0.15, 0.2) is 36.0 Å². The molecule has 1 aliphatic heterocycles. The zero-order chi connectivity index (χ0) is 28.3. The molecule has 3 heterocycles. The normalized spacial score (nSPS) is 19.0. The molecule has 0 saturated carbocycles. The van der Waals surface area contributed by atoms with Crippen LogP contribution < -0.4 is 20.3 Å². The first kappa shape index (κ1) is 28.6. The van der Waals surface area contributed by atoms with E-state index in [-0.39, 0.29) is 24.5 Å². The van der Waals surface area contributed by atoms with Crippen molar-refractivity contribution in [3.8, 4) is 5.75 Å². The number of aromatic nitrogens is 2. The summed E-state index contributed by atoms with van der Waals surface area (Å²) >= 11 is 1.61. The molecule has 0 spiro atoms. The molecule has 2 N–H and O–H groups in total. The first-order valence-corrected chi connectivity index (χ1v) is 14.0. The molecular formula is C28H38N6O4S. The molecule has 3 atom stereocenters. The second kappa shape index (κ2) is 11.7. The molecule has 0 aliphatic carbocycles. The van der Waals surface area contributed by atoms with Crippen LogP contribution in [0.2, 0.25) is 0 Å². The topological polar surface area (TPSA) is 109 Å². The molecule has 0 radical (unpaired) electrons. The lowest BCUT2D eigenvalue weighted by molar-refractivity contribution is -0.117. The van der Waals surface area contributed by atoms with Crippen molar-refractivity contribution >= 4 is 45.1 Å². The second-order valence-electron chi connectivity index (χ2n) is 11.1. The lowest BCUT2D eigenvalue weighted by Crippen LogP contribution is -2.58. The van der Waals surface area contributed by atoms with Gasteiger partial charge in [-0.25, -0.2) is 14.8 Å². The van der Waals surface area contributed by atoms with Crippen molar-refractivity contribution < 1.29 is 19.1 Å². The van der Waals surface area contributed by atoms with Crippen molar-refractivity contribution in [3.05, 3.63) is 41.5 Å². The number of carbonyl (C=O) groups excluding carboxylic acids is 2. The van der Waals surface area contributed by atoms with Crippen LogP contribution in [0.3, 0.4) is 0 Å². The van der Waals surface area contributed by atoms with Crippen molar-refractivity contribution in [3.63, 3.8) is 0 Å². The Labute approximate surface area is 233 Å². The highest BCUT2D eigenvalue weighted by atomic mass is 32.1. The Morgan fingerprint density at radius 3 is 2.56 bits per heavy atom. The summed E-state index contributed by atoms with van der Waals surface area (Å²) in [5, 5.41) is 8.80. The van der Waals surface area contributed by atoms with E-state index >= 15 is 0 Å². The molecule has 2 aromatic heterocycles. The van der Waals surface area contributed by atoms with Gasteiger partial charge in [0.15, 0.2) is 6.23 Å². The van der Waals surface area contributed by atoms with E-state index < -0.39 is 17.9 Å². The maximum Gasteiger partial charge on any atom is 0.410 e. The number of hydrogen-bond acceptors (Lipinski definition) is 9. The number of nitrogens with zero attached hydrogens (tertiary/aromatic N) is 4. The number of alkyl carbamates (subject to hydrolysis) is 1. The third kappa shape index (κ3) is 7.36. The van der Waals surface area contributed by atoms with E-state index in [2.05, 4.69) is 50.3 Å². The summed E-state index contributed by atoms with van der Waals surface area (Å²) in [5.74, 6) is 1.39. The molecule has 1 saturated heterocycles. The molecule has 39 heavy (non-hydrogen) atoms. The number of aryl methyl sites for hydroxylation is 1. The van der Waals surface area contributed by atoms with Crippen LogP contribution in [0.4, 0.5) is 16.3 Å². The summed E-state index contributed by atoms with van der Waals surface area (Å²) in [4.78, 5) is 39.5. The highest BCUT2D eigenvalue weighted by Gasteiger charge is 2.32. The smallest absolute Gasteiger partial charge is 0.410 e. The third-order valence-electron chi connectivity index (χ3n) is 6.36. The molecule has 2 amide bonds. The van der Waals surface area contributed by atoms with Crippen LogP contribution >= 0.6 is 11.3 Å². The van der Waals surface area contributed by atoms with E-state index in [1.54, 1.807) is 57.5 Å².